The van der Waals surface area contributed by atoms with Crippen molar-refractivity contribution in [3.05, 3.63) is 211 Å². The molecule has 11 rings (SSSR count). The van der Waals surface area contributed by atoms with Gasteiger partial charge in [-0.15, -0.1) is 0 Å². The lowest BCUT2D eigenvalue weighted by molar-refractivity contribution is 0.669. The standard InChI is InChI=1S/C54H38N2O/c1-3-13-37(14-4-1)40-23-28-45(29-24-40)56(47-31-26-39-16-8-10-19-43(39)36-47)53-50(33-32-49-52-48-22-12-11-17-41(48)27-34-51(52)57-54(49)53)55(44-20-5-2-6-21-44)46-30-25-38-15-7-9-18-42(38)35-46/h1-8,10-17,19-36H,9,18H2. The zero-order valence-corrected chi connectivity index (χ0v) is 31.3. The van der Waals surface area contributed by atoms with Gasteiger partial charge in [0, 0.05) is 33.5 Å². The molecular weight excluding hydrogens is 693 g/mol. The summed E-state index contributed by atoms with van der Waals surface area (Å²) in [5, 5.41) is 6.95. The van der Waals surface area contributed by atoms with Gasteiger partial charge >= 0.3 is 0 Å². The van der Waals surface area contributed by atoms with E-state index in [-0.39, 0.29) is 0 Å². The third kappa shape index (κ3) is 5.75. The van der Waals surface area contributed by atoms with Gasteiger partial charge in [-0.1, -0.05) is 140 Å². The smallest absolute Gasteiger partial charge is 0.161 e. The van der Waals surface area contributed by atoms with Crippen molar-refractivity contribution < 1.29 is 4.42 Å². The lowest BCUT2D eigenvalue weighted by atomic mass is 9.96. The van der Waals surface area contributed by atoms with Crippen LogP contribution in [0.1, 0.15) is 17.5 Å². The monoisotopic (exact) mass is 730 g/mol. The molecule has 0 saturated heterocycles. The highest BCUT2D eigenvalue weighted by atomic mass is 16.3. The van der Waals surface area contributed by atoms with E-state index in [0.717, 1.165) is 68.9 Å². The maximum atomic E-state index is 7.17. The van der Waals surface area contributed by atoms with Crippen molar-refractivity contribution in [1.82, 2.24) is 0 Å². The van der Waals surface area contributed by atoms with Crippen molar-refractivity contribution in [3.63, 3.8) is 0 Å². The van der Waals surface area contributed by atoms with Crippen LogP contribution in [0, 0.1) is 0 Å². The molecule has 1 aliphatic carbocycles. The second-order valence-electron chi connectivity index (χ2n) is 14.8. The molecule has 1 aromatic heterocycles. The van der Waals surface area contributed by atoms with Gasteiger partial charge in [-0.2, -0.15) is 0 Å². The third-order valence-electron chi connectivity index (χ3n) is 11.4. The molecule has 0 radical (unpaired) electrons. The first-order valence-corrected chi connectivity index (χ1v) is 19.7. The first kappa shape index (κ1) is 33.0. The molecule has 0 N–H and O–H groups in total. The van der Waals surface area contributed by atoms with Crippen molar-refractivity contribution in [1.29, 1.82) is 0 Å². The maximum Gasteiger partial charge on any atom is 0.161 e. The van der Waals surface area contributed by atoms with E-state index < -0.39 is 0 Å². The number of hydrogen-bond acceptors (Lipinski definition) is 3. The number of fused-ring (bicyclic) bond motifs is 7. The van der Waals surface area contributed by atoms with Crippen LogP contribution < -0.4 is 9.80 Å². The predicted octanol–water partition coefficient (Wildman–Crippen LogP) is 15.5. The Bertz CT molecular complexity index is 3130. The van der Waals surface area contributed by atoms with Crippen LogP contribution in [0.15, 0.2) is 205 Å². The molecule has 0 spiro atoms. The summed E-state index contributed by atoms with van der Waals surface area (Å²) >= 11 is 0. The maximum absolute atomic E-state index is 7.17. The van der Waals surface area contributed by atoms with E-state index in [1.54, 1.807) is 0 Å². The van der Waals surface area contributed by atoms with Gasteiger partial charge in [0.25, 0.3) is 0 Å². The Morgan fingerprint density at radius 1 is 0.439 bits per heavy atom. The number of aryl methyl sites for hydroxylation is 1. The van der Waals surface area contributed by atoms with E-state index in [1.807, 2.05) is 0 Å². The predicted molar refractivity (Wildman–Crippen MR) is 241 cm³/mol. The Balaban J connectivity index is 1.25. The normalized spacial score (nSPS) is 12.4. The molecule has 1 aliphatic rings. The number of nitrogens with zero attached hydrogens (tertiary/aromatic N) is 2. The first-order chi connectivity index (χ1) is 28.3. The Labute approximate surface area is 332 Å². The van der Waals surface area contributed by atoms with Gasteiger partial charge < -0.3 is 14.2 Å². The summed E-state index contributed by atoms with van der Waals surface area (Å²) in [5.41, 5.74) is 12.9. The fourth-order valence-corrected chi connectivity index (χ4v) is 8.70. The van der Waals surface area contributed by atoms with E-state index in [4.69, 9.17) is 4.42 Å². The molecule has 3 nitrogen and oxygen atoms in total. The third-order valence-corrected chi connectivity index (χ3v) is 11.4. The molecule has 0 bridgehead atoms. The van der Waals surface area contributed by atoms with Gasteiger partial charge in [-0.05, 0) is 123 Å². The molecule has 0 atom stereocenters. The van der Waals surface area contributed by atoms with Crippen LogP contribution in [0.25, 0.3) is 60.7 Å². The summed E-state index contributed by atoms with van der Waals surface area (Å²) in [7, 11) is 0. The quantitative estimate of drug-likeness (QED) is 0.163. The molecule has 10 aromatic rings. The molecule has 9 aromatic carbocycles. The zero-order valence-electron chi connectivity index (χ0n) is 31.3. The van der Waals surface area contributed by atoms with Gasteiger partial charge in [0.1, 0.15) is 11.3 Å². The summed E-state index contributed by atoms with van der Waals surface area (Å²) in [6.45, 7) is 0. The van der Waals surface area contributed by atoms with Crippen molar-refractivity contribution in [2.24, 2.45) is 0 Å². The highest BCUT2D eigenvalue weighted by Crippen LogP contribution is 2.52. The van der Waals surface area contributed by atoms with Crippen LogP contribution in [-0.2, 0) is 6.42 Å². The number of rotatable bonds is 7. The molecule has 270 valence electrons. The van der Waals surface area contributed by atoms with Gasteiger partial charge in [-0.25, -0.2) is 0 Å². The second-order valence-corrected chi connectivity index (χ2v) is 14.8. The molecule has 3 heteroatoms. The van der Waals surface area contributed by atoms with Gasteiger partial charge in [-0.3, -0.25) is 0 Å². The van der Waals surface area contributed by atoms with Crippen LogP contribution in [0.5, 0.6) is 0 Å². The van der Waals surface area contributed by atoms with Gasteiger partial charge in [0.2, 0.25) is 0 Å². The van der Waals surface area contributed by atoms with Gasteiger partial charge in [0.05, 0.1) is 5.69 Å². The minimum absolute atomic E-state index is 0.834. The summed E-state index contributed by atoms with van der Waals surface area (Å²) in [6.07, 6.45) is 6.59. The minimum atomic E-state index is 0.834. The van der Waals surface area contributed by atoms with E-state index in [2.05, 4.69) is 216 Å². The van der Waals surface area contributed by atoms with Crippen LogP contribution in [0.4, 0.5) is 34.1 Å². The largest absolute Gasteiger partial charge is 0.454 e. The zero-order chi connectivity index (χ0) is 37.7. The van der Waals surface area contributed by atoms with Crippen LogP contribution in [0.2, 0.25) is 0 Å². The first-order valence-electron chi connectivity index (χ1n) is 19.7. The number of furan rings is 1. The number of anilines is 6. The SMILES string of the molecule is C1=Cc2ccc(N(c3ccccc3)c3ccc4c(oc5ccc6ccccc6c54)c3N(c3ccc(-c4ccccc4)cc3)c3ccc4ccccc4c3)cc2CC1. The molecule has 0 unspecified atom stereocenters. The Hall–Kier alpha value is -7.36. The highest BCUT2D eigenvalue weighted by Gasteiger charge is 2.28. The van der Waals surface area contributed by atoms with Crippen molar-refractivity contribution >= 4 is 83.7 Å². The molecular formula is C54H38N2O. The van der Waals surface area contributed by atoms with E-state index in [1.165, 1.54) is 43.8 Å². The molecule has 0 amide bonds. The number of hydrogen-bond donors (Lipinski definition) is 0. The van der Waals surface area contributed by atoms with Gasteiger partial charge in [0.15, 0.2) is 5.58 Å². The van der Waals surface area contributed by atoms with Crippen LogP contribution >= 0.6 is 0 Å². The Morgan fingerprint density at radius 2 is 1.09 bits per heavy atom. The van der Waals surface area contributed by atoms with Crippen LogP contribution in [-0.4, -0.2) is 0 Å². The molecule has 1 heterocycles. The number of allylic oxidation sites excluding steroid dienone is 1. The molecule has 57 heavy (non-hydrogen) atoms. The van der Waals surface area contributed by atoms with E-state index >= 15 is 0 Å². The summed E-state index contributed by atoms with van der Waals surface area (Å²) < 4.78 is 7.17. The van der Waals surface area contributed by atoms with Crippen molar-refractivity contribution in [3.8, 4) is 11.1 Å². The van der Waals surface area contributed by atoms with Crippen molar-refractivity contribution in [2.75, 3.05) is 9.80 Å². The second kappa shape index (κ2) is 13.7. The highest BCUT2D eigenvalue weighted by molar-refractivity contribution is 6.22. The number of benzene rings is 9. The molecule has 0 saturated carbocycles. The summed E-state index contributed by atoms with van der Waals surface area (Å²) in [5.74, 6) is 0. The van der Waals surface area contributed by atoms with E-state index in [9.17, 15) is 0 Å². The summed E-state index contributed by atoms with van der Waals surface area (Å²) in [6, 6.07) is 70.0. The molecule has 0 fully saturated rings. The fourth-order valence-electron chi connectivity index (χ4n) is 8.70. The Kier molecular flexibility index (Phi) is 7.96. The lowest BCUT2D eigenvalue weighted by Gasteiger charge is -2.33. The minimum Gasteiger partial charge on any atom is -0.454 e. The molecule has 0 aliphatic heterocycles. The van der Waals surface area contributed by atoms with Crippen LogP contribution in [0.3, 0.4) is 0 Å². The Morgan fingerprint density at radius 3 is 1.93 bits per heavy atom. The topological polar surface area (TPSA) is 19.6 Å². The fraction of sp³-hybridized carbons (Fsp3) is 0.0370. The lowest BCUT2D eigenvalue weighted by Crippen LogP contribution is -2.17. The average Bonchev–Trinajstić information content (AvgIpc) is 3.67. The van der Waals surface area contributed by atoms with E-state index in [0.29, 0.717) is 0 Å². The summed E-state index contributed by atoms with van der Waals surface area (Å²) in [4.78, 5) is 4.81. The number of para-hydroxylation sites is 1. The average molecular weight is 731 g/mol. The van der Waals surface area contributed by atoms with Crippen molar-refractivity contribution in [2.45, 2.75) is 12.8 Å².